The SMILES string of the molecule is CC(=O)c1ccc(Nc2ccc(NC(=O)C3CCCCC3)cc2)cc1. The third-order valence-corrected chi connectivity index (χ3v) is 4.71. The molecule has 2 aromatic rings. The van der Waals surface area contributed by atoms with Crippen LogP contribution in [0.3, 0.4) is 0 Å². The van der Waals surface area contributed by atoms with E-state index in [0.717, 1.165) is 42.7 Å². The predicted molar refractivity (Wildman–Crippen MR) is 101 cm³/mol. The van der Waals surface area contributed by atoms with Crippen LogP contribution in [0.1, 0.15) is 49.4 Å². The molecule has 1 aliphatic rings. The molecule has 3 rings (SSSR count). The number of carbonyl (C=O) groups is 2. The Hall–Kier alpha value is -2.62. The molecule has 25 heavy (non-hydrogen) atoms. The smallest absolute Gasteiger partial charge is 0.227 e. The molecule has 1 fully saturated rings. The van der Waals surface area contributed by atoms with Crippen LogP contribution in [0.25, 0.3) is 0 Å². The van der Waals surface area contributed by atoms with Crippen LogP contribution in [-0.4, -0.2) is 11.7 Å². The van der Waals surface area contributed by atoms with Crippen molar-refractivity contribution < 1.29 is 9.59 Å². The molecule has 0 aromatic heterocycles. The summed E-state index contributed by atoms with van der Waals surface area (Å²) in [6, 6.07) is 15.1. The van der Waals surface area contributed by atoms with Gasteiger partial charge < -0.3 is 10.6 Å². The molecule has 2 aromatic carbocycles. The first-order chi connectivity index (χ1) is 12.1. The number of nitrogens with one attached hydrogen (secondary N) is 2. The molecule has 0 bridgehead atoms. The first-order valence-corrected chi connectivity index (χ1v) is 8.91. The van der Waals surface area contributed by atoms with Gasteiger partial charge >= 0.3 is 0 Å². The molecule has 0 aliphatic heterocycles. The lowest BCUT2D eigenvalue weighted by atomic mass is 9.88. The van der Waals surface area contributed by atoms with E-state index in [-0.39, 0.29) is 17.6 Å². The lowest BCUT2D eigenvalue weighted by Crippen LogP contribution is -2.24. The van der Waals surface area contributed by atoms with E-state index in [9.17, 15) is 9.59 Å². The van der Waals surface area contributed by atoms with Gasteiger partial charge in [-0.1, -0.05) is 19.3 Å². The number of hydrogen-bond donors (Lipinski definition) is 2. The summed E-state index contributed by atoms with van der Waals surface area (Å²) in [5.41, 5.74) is 3.38. The molecular formula is C21H24N2O2. The lowest BCUT2D eigenvalue weighted by Gasteiger charge is -2.20. The number of carbonyl (C=O) groups excluding carboxylic acids is 2. The van der Waals surface area contributed by atoms with Crippen molar-refractivity contribution in [2.75, 3.05) is 10.6 Å². The van der Waals surface area contributed by atoms with Gasteiger partial charge in [-0.05, 0) is 68.3 Å². The molecule has 1 saturated carbocycles. The van der Waals surface area contributed by atoms with Gasteiger partial charge in [0.15, 0.2) is 5.78 Å². The van der Waals surface area contributed by atoms with E-state index in [2.05, 4.69) is 10.6 Å². The average Bonchev–Trinajstić information content (AvgIpc) is 2.64. The maximum absolute atomic E-state index is 12.3. The van der Waals surface area contributed by atoms with Gasteiger partial charge in [0.25, 0.3) is 0 Å². The molecule has 1 amide bonds. The van der Waals surface area contributed by atoms with Gasteiger partial charge in [0.05, 0.1) is 0 Å². The molecule has 0 heterocycles. The van der Waals surface area contributed by atoms with Crippen LogP contribution in [0.2, 0.25) is 0 Å². The maximum atomic E-state index is 12.3. The summed E-state index contributed by atoms with van der Waals surface area (Å²) >= 11 is 0. The van der Waals surface area contributed by atoms with Crippen LogP contribution in [0.4, 0.5) is 17.1 Å². The second kappa shape index (κ2) is 7.97. The minimum absolute atomic E-state index is 0.0598. The Morgan fingerprint density at radius 1 is 0.800 bits per heavy atom. The fraction of sp³-hybridized carbons (Fsp3) is 0.333. The van der Waals surface area contributed by atoms with Crippen molar-refractivity contribution in [3.05, 3.63) is 54.1 Å². The molecule has 0 radical (unpaired) electrons. The third-order valence-electron chi connectivity index (χ3n) is 4.71. The van der Waals surface area contributed by atoms with Crippen LogP contribution >= 0.6 is 0 Å². The van der Waals surface area contributed by atoms with Crippen molar-refractivity contribution in [1.29, 1.82) is 0 Å². The van der Waals surface area contributed by atoms with E-state index in [4.69, 9.17) is 0 Å². The van der Waals surface area contributed by atoms with E-state index in [0.29, 0.717) is 5.56 Å². The van der Waals surface area contributed by atoms with Crippen LogP contribution < -0.4 is 10.6 Å². The van der Waals surface area contributed by atoms with Gasteiger partial charge in [-0.25, -0.2) is 0 Å². The summed E-state index contributed by atoms with van der Waals surface area (Å²) in [4.78, 5) is 23.6. The highest BCUT2D eigenvalue weighted by Crippen LogP contribution is 2.25. The first kappa shape index (κ1) is 17.2. The topological polar surface area (TPSA) is 58.2 Å². The number of hydrogen-bond acceptors (Lipinski definition) is 3. The van der Waals surface area contributed by atoms with Gasteiger partial charge in [-0.2, -0.15) is 0 Å². The van der Waals surface area contributed by atoms with E-state index >= 15 is 0 Å². The Kier molecular flexibility index (Phi) is 5.49. The quantitative estimate of drug-likeness (QED) is 0.742. The molecule has 0 unspecified atom stereocenters. The summed E-state index contributed by atoms with van der Waals surface area (Å²) in [7, 11) is 0. The number of ketones is 1. The van der Waals surface area contributed by atoms with Gasteiger partial charge in [-0.3, -0.25) is 9.59 Å². The van der Waals surface area contributed by atoms with Crippen molar-refractivity contribution in [2.45, 2.75) is 39.0 Å². The molecule has 130 valence electrons. The predicted octanol–water partition coefficient (Wildman–Crippen LogP) is 5.15. The van der Waals surface area contributed by atoms with Crippen LogP contribution in [0.5, 0.6) is 0 Å². The van der Waals surface area contributed by atoms with Crippen molar-refractivity contribution in [2.24, 2.45) is 5.92 Å². The number of Topliss-reactive ketones (excluding diaryl/α,β-unsaturated/α-hetero) is 1. The monoisotopic (exact) mass is 336 g/mol. The van der Waals surface area contributed by atoms with Crippen molar-refractivity contribution in [3.63, 3.8) is 0 Å². The van der Waals surface area contributed by atoms with Gasteiger partial charge in [-0.15, -0.1) is 0 Å². The van der Waals surface area contributed by atoms with E-state index in [1.807, 2.05) is 48.5 Å². The first-order valence-electron chi connectivity index (χ1n) is 8.91. The summed E-state index contributed by atoms with van der Waals surface area (Å²) in [5, 5.41) is 6.31. The number of anilines is 3. The van der Waals surface area contributed by atoms with Crippen molar-refractivity contribution in [3.8, 4) is 0 Å². The van der Waals surface area contributed by atoms with Gasteiger partial charge in [0.1, 0.15) is 0 Å². The molecule has 0 saturated heterocycles. The highest BCUT2D eigenvalue weighted by molar-refractivity contribution is 5.94. The van der Waals surface area contributed by atoms with E-state index in [1.54, 1.807) is 6.92 Å². The Morgan fingerprint density at radius 3 is 1.88 bits per heavy atom. The summed E-state index contributed by atoms with van der Waals surface area (Å²) in [5.74, 6) is 0.358. The summed E-state index contributed by atoms with van der Waals surface area (Å²) < 4.78 is 0. The van der Waals surface area contributed by atoms with Crippen molar-refractivity contribution >= 4 is 28.8 Å². The van der Waals surface area contributed by atoms with Crippen molar-refractivity contribution in [1.82, 2.24) is 0 Å². The zero-order chi connectivity index (χ0) is 17.6. The second-order valence-electron chi connectivity index (χ2n) is 6.66. The zero-order valence-corrected chi connectivity index (χ0v) is 14.5. The lowest BCUT2D eigenvalue weighted by molar-refractivity contribution is -0.120. The molecule has 4 heteroatoms. The Labute approximate surface area is 148 Å². The highest BCUT2D eigenvalue weighted by atomic mass is 16.2. The Morgan fingerprint density at radius 2 is 1.32 bits per heavy atom. The molecule has 0 spiro atoms. The Balaban J connectivity index is 1.58. The molecular weight excluding hydrogens is 312 g/mol. The molecule has 0 atom stereocenters. The average molecular weight is 336 g/mol. The Bertz CT molecular complexity index is 729. The van der Waals surface area contributed by atoms with E-state index < -0.39 is 0 Å². The summed E-state index contributed by atoms with van der Waals surface area (Å²) in [6.07, 6.45) is 5.56. The minimum atomic E-state index is 0.0598. The fourth-order valence-electron chi connectivity index (χ4n) is 3.20. The van der Waals surface area contributed by atoms with Crippen LogP contribution in [0, 0.1) is 5.92 Å². The standard InChI is InChI=1S/C21H24N2O2/c1-15(24)16-7-9-18(10-8-16)22-19-11-13-20(14-12-19)23-21(25)17-5-3-2-4-6-17/h7-14,17,22H,2-6H2,1H3,(H,23,25). The third kappa shape index (κ3) is 4.69. The van der Waals surface area contributed by atoms with Crippen LogP contribution in [0.15, 0.2) is 48.5 Å². The number of benzene rings is 2. The zero-order valence-electron chi connectivity index (χ0n) is 14.5. The number of rotatable bonds is 5. The van der Waals surface area contributed by atoms with Gasteiger partial charge in [0.2, 0.25) is 5.91 Å². The normalized spacial score (nSPS) is 14.8. The molecule has 4 nitrogen and oxygen atoms in total. The van der Waals surface area contributed by atoms with Crippen LogP contribution in [-0.2, 0) is 4.79 Å². The molecule has 1 aliphatic carbocycles. The van der Waals surface area contributed by atoms with E-state index in [1.165, 1.54) is 6.42 Å². The van der Waals surface area contributed by atoms with Gasteiger partial charge in [0, 0.05) is 28.5 Å². The second-order valence-corrected chi connectivity index (χ2v) is 6.66. The largest absolute Gasteiger partial charge is 0.356 e. The molecule has 2 N–H and O–H groups in total. The maximum Gasteiger partial charge on any atom is 0.227 e. The fourth-order valence-corrected chi connectivity index (χ4v) is 3.20. The number of amides is 1. The highest BCUT2D eigenvalue weighted by Gasteiger charge is 2.20. The summed E-state index contributed by atoms with van der Waals surface area (Å²) in [6.45, 7) is 1.56. The minimum Gasteiger partial charge on any atom is -0.356 e.